The lowest BCUT2D eigenvalue weighted by molar-refractivity contribution is -0.0457. The maximum Gasteiger partial charge on any atom is 0.270 e. The number of nitrogens with zero attached hydrogens (tertiary/aromatic N) is 1. The first kappa shape index (κ1) is 18.5. The van der Waals surface area contributed by atoms with Crippen molar-refractivity contribution in [3.8, 4) is 0 Å². The Bertz CT molecular complexity index is 818. The van der Waals surface area contributed by atoms with Crippen molar-refractivity contribution in [2.45, 2.75) is 32.4 Å². The number of carbonyl (C=O) groups is 1. The number of allylic oxidation sites excluding steroid dienone is 1. The molecule has 0 aliphatic carbocycles. The maximum absolute atomic E-state index is 13.9. The van der Waals surface area contributed by atoms with E-state index in [1.807, 2.05) is 19.9 Å². The average molecular weight is 358 g/mol. The fourth-order valence-corrected chi connectivity index (χ4v) is 2.87. The summed E-state index contributed by atoms with van der Waals surface area (Å²) in [5, 5.41) is 3.57. The molecule has 0 spiro atoms. The van der Waals surface area contributed by atoms with Crippen molar-refractivity contribution in [1.29, 1.82) is 0 Å². The van der Waals surface area contributed by atoms with E-state index < -0.39 is 5.82 Å². The minimum Gasteiger partial charge on any atom is -0.379 e. The molecular formula is C20H23FN2O3. The highest BCUT2D eigenvalue weighted by Crippen LogP contribution is 2.17. The minimum atomic E-state index is -0.443. The number of para-hydroxylation sites is 1. The Morgan fingerprint density at radius 1 is 1.38 bits per heavy atom. The van der Waals surface area contributed by atoms with E-state index in [1.165, 1.54) is 11.6 Å². The molecule has 1 fully saturated rings. The fraction of sp³-hybridized carbons (Fsp3) is 0.400. The topological polar surface area (TPSA) is 60.5 Å². The van der Waals surface area contributed by atoms with E-state index in [9.17, 15) is 9.18 Å². The van der Waals surface area contributed by atoms with Gasteiger partial charge in [0.05, 0.1) is 25.4 Å². The quantitative estimate of drug-likeness (QED) is 0.834. The number of benzene rings is 1. The minimum absolute atomic E-state index is 0.125. The molecule has 26 heavy (non-hydrogen) atoms. The van der Waals surface area contributed by atoms with Crippen LogP contribution in [0.3, 0.4) is 0 Å². The van der Waals surface area contributed by atoms with Gasteiger partial charge in [0.25, 0.3) is 5.91 Å². The van der Waals surface area contributed by atoms with Crippen LogP contribution in [0.2, 0.25) is 0 Å². The molecule has 6 heteroatoms. The van der Waals surface area contributed by atoms with Gasteiger partial charge in [-0.25, -0.2) is 9.37 Å². The summed E-state index contributed by atoms with van der Waals surface area (Å²) in [6.07, 6.45) is 2.59. The van der Waals surface area contributed by atoms with Crippen molar-refractivity contribution in [3.63, 3.8) is 0 Å². The molecule has 1 saturated heterocycles. The Morgan fingerprint density at radius 2 is 2.23 bits per heavy atom. The first-order chi connectivity index (χ1) is 12.5. The van der Waals surface area contributed by atoms with E-state index in [1.54, 1.807) is 24.3 Å². The van der Waals surface area contributed by atoms with Gasteiger partial charge >= 0.3 is 0 Å². The number of rotatable bonds is 5. The van der Waals surface area contributed by atoms with Crippen LogP contribution in [0, 0.1) is 5.82 Å². The van der Waals surface area contributed by atoms with Crippen molar-refractivity contribution in [3.05, 3.63) is 53.5 Å². The van der Waals surface area contributed by atoms with Gasteiger partial charge in [-0.05, 0) is 32.4 Å². The molecule has 5 nitrogen and oxygen atoms in total. The third-order valence-corrected chi connectivity index (χ3v) is 4.31. The van der Waals surface area contributed by atoms with Crippen molar-refractivity contribution >= 4 is 16.8 Å². The zero-order chi connectivity index (χ0) is 18.5. The molecular weight excluding hydrogens is 335 g/mol. The molecule has 2 atom stereocenters. The molecule has 2 aromatic rings. The summed E-state index contributed by atoms with van der Waals surface area (Å²) in [5.41, 5.74) is 1.55. The zero-order valence-corrected chi connectivity index (χ0v) is 15.0. The summed E-state index contributed by atoms with van der Waals surface area (Å²) >= 11 is 0. The number of carbonyl (C=O) groups excluding carboxylic acids is 1. The number of halogens is 1. The van der Waals surface area contributed by atoms with Crippen molar-refractivity contribution < 1.29 is 18.7 Å². The van der Waals surface area contributed by atoms with Crippen molar-refractivity contribution in [1.82, 2.24) is 10.3 Å². The number of hydrogen-bond donors (Lipinski definition) is 1. The molecule has 0 bridgehead atoms. The van der Waals surface area contributed by atoms with Crippen molar-refractivity contribution in [2.75, 3.05) is 19.8 Å². The van der Waals surface area contributed by atoms with E-state index in [2.05, 4.69) is 10.3 Å². The number of ether oxygens (including phenoxy) is 2. The smallest absolute Gasteiger partial charge is 0.270 e. The standard InChI is InChI=1S/C20H23FN2O3/c1-13(2)8-11-26-18-9-10-25-12-17(18)23-20(24)16-7-6-14-4-3-5-15(21)19(14)22-16/h3-8,17-18H,9-12H2,1-2H3,(H,23,24)/t17-,18+/m1/s1. The monoisotopic (exact) mass is 358 g/mol. The van der Waals surface area contributed by atoms with Gasteiger partial charge < -0.3 is 14.8 Å². The summed E-state index contributed by atoms with van der Waals surface area (Å²) < 4.78 is 25.3. The Labute approximate surface area is 152 Å². The number of hydrogen-bond acceptors (Lipinski definition) is 4. The van der Waals surface area contributed by atoms with Gasteiger partial charge in [-0.1, -0.05) is 29.8 Å². The molecule has 1 aliphatic heterocycles. The van der Waals surface area contributed by atoms with Crippen LogP contribution in [0.15, 0.2) is 42.0 Å². The molecule has 1 aliphatic rings. The maximum atomic E-state index is 13.9. The predicted molar refractivity (Wildman–Crippen MR) is 97.6 cm³/mol. The highest BCUT2D eigenvalue weighted by molar-refractivity contribution is 5.95. The Hall–Kier alpha value is -2.31. The number of aromatic nitrogens is 1. The SMILES string of the molecule is CC(C)=CCO[C@H]1CCOC[C@H]1NC(=O)c1ccc2cccc(F)c2n1. The Balaban J connectivity index is 1.71. The first-order valence-corrected chi connectivity index (χ1v) is 8.73. The lowest BCUT2D eigenvalue weighted by Crippen LogP contribution is -2.50. The van der Waals surface area contributed by atoms with E-state index in [0.717, 1.165) is 0 Å². The molecule has 1 aromatic heterocycles. The van der Waals surface area contributed by atoms with Crippen LogP contribution < -0.4 is 5.32 Å². The second kappa shape index (κ2) is 8.38. The predicted octanol–water partition coefficient (Wildman–Crippen LogP) is 3.24. The Morgan fingerprint density at radius 3 is 3.04 bits per heavy atom. The van der Waals surface area contributed by atoms with E-state index in [4.69, 9.17) is 9.47 Å². The number of pyridine rings is 1. The van der Waals surface area contributed by atoms with Crippen LogP contribution in [-0.4, -0.2) is 42.9 Å². The fourth-order valence-electron chi connectivity index (χ4n) is 2.87. The number of nitrogens with one attached hydrogen (secondary N) is 1. The lowest BCUT2D eigenvalue weighted by Gasteiger charge is -2.31. The first-order valence-electron chi connectivity index (χ1n) is 8.73. The summed E-state index contributed by atoms with van der Waals surface area (Å²) in [5.74, 6) is -0.803. The lowest BCUT2D eigenvalue weighted by atomic mass is 10.1. The highest BCUT2D eigenvalue weighted by Gasteiger charge is 2.28. The van der Waals surface area contributed by atoms with E-state index >= 15 is 0 Å². The summed E-state index contributed by atoms with van der Waals surface area (Å²) in [6.45, 7) is 5.51. The molecule has 2 heterocycles. The molecule has 138 valence electrons. The molecule has 3 rings (SSSR count). The van der Waals surface area contributed by atoms with Crippen LogP contribution >= 0.6 is 0 Å². The summed E-state index contributed by atoms with van der Waals surface area (Å²) in [6, 6.07) is 7.74. The molecule has 0 saturated carbocycles. The van der Waals surface area contributed by atoms with Gasteiger partial charge in [-0.2, -0.15) is 0 Å². The van der Waals surface area contributed by atoms with E-state index in [0.29, 0.717) is 31.6 Å². The third kappa shape index (κ3) is 4.45. The average Bonchev–Trinajstić information content (AvgIpc) is 2.63. The molecule has 1 N–H and O–H groups in total. The van der Waals surface area contributed by atoms with Crippen LogP contribution in [0.4, 0.5) is 4.39 Å². The molecule has 1 amide bonds. The van der Waals surface area contributed by atoms with Gasteiger partial charge in [-0.15, -0.1) is 0 Å². The number of amides is 1. The number of fused-ring (bicyclic) bond motifs is 1. The van der Waals surface area contributed by atoms with Gasteiger partial charge in [0.15, 0.2) is 0 Å². The van der Waals surface area contributed by atoms with Gasteiger partial charge in [0.2, 0.25) is 0 Å². The molecule has 1 aromatic carbocycles. The molecule has 0 radical (unpaired) electrons. The normalized spacial score (nSPS) is 20.0. The molecule has 0 unspecified atom stereocenters. The van der Waals surface area contributed by atoms with Crippen molar-refractivity contribution in [2.24, 2.45) is 0 Å². The highest BCUT2D eigenvalue weighted by atomic mass is 19.1. The Kier molecular flexibility index (Phi) is 5.96. The van der Waals surface area contributed by atoms with Crippen LogP contribution in [0.1, 0.15) is 30.8 Å². The second-order valence-electron chi connectivity index (χ2n) is 6.60. The van der Waals surface area contributed by atoms with Gasteiger partial charge in [-0.3, -0.25) is 4.79 Å². The van der Waals surface area contributed by atoms with Crippen LogP contribution in [0.5, 0.6) is 0 Å². The third-order valence-electron chi connectivity index (χ3n) is 4.31. The van der Waals surface area contributed by atoms with Crippen LogP contribution in [-0.2, 0) is 9.47 Å². The second-order valence-corrected chi connectivity index (χ2v) is 6.60. The van der Waals surface area contributed by atoms with Crippen LogP contribution in [0.25, 0.3) is 10.9 Å². The van der Waals surface area contributed by atoms with E-state index in [-0.39, 0.29) is 29.3 Å². The zero-order valence-electron chi connectivity index (χ0n) is 15.0. The summed E-state index contributed by atoms with van der Waals surface area (Å²) in [4.78, 5) is 16.7. The summed E-state index contributed by atoms with van der Waals surface area (Å²) in [7, 11) is 0. The van der Waals surface area contributed by atoms with Gasteiger partial charge in [0.1, 0.15) is 17.0 Å². The van der Waals surface area contributed by atoms with Gasteiger partial charge in [0, 0.05) is 12.0 Å². The largest absolute Gasteiger partial charge is 0.379 e.